The highest BCUT2D eigenvalue weighted by atomic mass is 35.5. The van der Waals surface area contributed by atoms with Crippen molar-refractivity contribution in [3.63, 3.8) is 0 Å². The number of rotatable bonds is 15. The lowest BCUT2D eigenvalue weighted by molar-refractivity contribution is -0.0517. The van der Waals surface area contributed by atoms with Crippen LogP contribution >= 0.6 is 25.7 Å². The van der Waals surface area contributed by atoms with Gasteiger partial charge >= 0.3 is 5.51 Å². The average Bonchev–Trinajstić information content (AvgIpc) is 2.74. The van der Waals surface area contributed by atoms with Crippen LogP contribution in [0, 0.1) is 0 Å². The maximum Gasteiger partial charge on any atom is 0.485 e. The zero-order chi connectivity index (χ0) is 35.9. The molecule has 0 spiro atoms. The molecule has 0 aromatic carbocycles. The van der Waals surface area contributed by atoms with E-state index in [0.717, 1.165) is 0 Å². The number of hydrazone groups is 1. The summed E-state index contributed by atoms with van der Waals surface area (Å²) >= 11 is 14.0. The lowest BCUT2D eigenvalue weighted by Gasteiger charge is -2.49. The molecule has 0 saturated heterocycles. The SMILES string of the molecule is CC(C)N(C(C)C)P(=S)(/C(Cl)=N\N[P+](C)(N(C(C)C)C(C)C)N(C(C)C)C(C)C)N(C(C)C)C(C)C.O=S(=O)([O-])C(F)(F)F. The summed E-state index contributed by atoms with van der Waals surface area (Å²) in [6.45, 7) is 38.2. The van der Waals surface area contributed by atoms with Gasteiger partial charge in [0.1, 0.15) is 13.0 Å². The molecule has 0 rings (SSSR count). The van der Waals surface area contributed by atoms with Crippen LogP contribution in [-0.2, 0) is 21.9 Å². The topological polar surface area (TPSA) is 94.6 Å². The molecule has 17 heteroatoms. The molecule has 0 saturated carbocycles. The Morgan fingerprint density at radius 1 is 0.727 bits per heavy atom. The lowest BCUT2D eigenvalue weighted by atomic mass is 10.3. The van der Waals surface area contributed by atoms with Crippen LogP contribution in [0.2, 0.25) is 0 Å². The first-order valence-corrected chi connectivity index (χ1v) is 21.7. The monoisotopic (exact) mass is 734 g/mol. The van der Waals surface area contributed by atoms with Crippen molar-refractivity contribution >= 4 is 52.5 Å². The molecule has 266 valence electrons. The van der Waals surface area contributed by atoms with Crippen molar-refractivity contribution in [3.8, 4) is 0 Å². The maximum absolute atomic E-state index is 10.7. The summed E-state index contributed by atoms with van der Waals surface area (Å²) in [5.41, 5.74) is -5.65. The van der Waals surface area contributed by atoms with E-state index in [2.05, 4.69) is 141 Å². The van der Waals surface area contributed by atoms with Gasteiger partial charge in [-0.05, 0) is 111 Å². The van der Waals surface area contributed by atoms with E-state index in [1.54, 1.807) is 0 Å². The largest absolute Gasteiger partial charge is 0.741 e. The van der Waals surface area contributed by atoms with E-state index < -0.39 is 29.7 Å². The fraction of sp³-hybridized carbons (Fsp3) is 0.963. The molecule has 0 amide bonds. The summed E-state index contributed by atoms with van der Waals surface area (Å²) < 4.78 is 68.9. The van der Waals surface area contributed by atoms with Crippen molar-refractivity contribution < 1.29 is 26.1 Å². The summed E-state index contributed by atoms with van der Waals surface area (Å²) in [4.78, 5) is 0.522. The Hall–Kier alpha value is 0.380. The van der Waals surface area contributed by atoms with Gasteiger partial charge in [0.2, 0.25) is 0 Å². The molecule has 0 bridgehead atoms. The molecule has 0 aromatic rings. The minimum atomic E-state index is -6.09. The quantitative estimate of drug-likeness (QED) is 0.0586. The molecular weight excluding hydrogens is 675 g/mol. The predicted octanol–water partition coefficient (Wildman–Crippen LogP) is 8.31. The number of nitrogens with one attached hydrogen (secondary N) is 1. The second-order valence-electron chi connectivity index (χ2n) is 13.1. The summed E-state index contributed by atoms with van der Waals surface area (Å²) in [5.74, 6) is 0. The molecule has 0 aliphatic heterocycles. The van der Waals surface area contributed by atoms with Gasteiger partial charge in [0.25, 0.3) is 7.71 Å². The molecule has 0 aliphatic carbocycles. The normalized spacial score (nSPS) is 14.7. The standard InChI is InChI=1S/C26H60ClN6P2S.CHF3O3S/c1-18(2)30(19(3)4)34(17,31(20(5)6)21(7)8)29-28-26(27)35(36,32(22(9)10)23(11)12)33(24(13)14)25(15)16;2-1(3,4)8(5,6)7/h18-25,29H,1-17H3;(H,5,6,7)/q+1;/p-1/b28-26-;. The molecule has 44 heavy (non-hydrogen) atoms. The van der Waals surface area contributed by atoms with Gasteiger partial charge in [0.15, 0.2) is 15.0 Å². The van der Waals surface area contributed by atoms with Gasteiger partial charge in [-0.15, -0.1) is 19.6 Å². The first kappa shape index (κ1) is 46.5. The van der Waals surface area contributed by atoms with E-state index in [4.69, 9.17) is 41.5 Å². The maximum atomic E-state index is 10.7. The summed E-state index contributed by atoms with van der Waals surface area (Å²) in [6.07, 6.45) is -2.56. The number of hydrogen-bond acceptors (Lipinski definition) is 8. The Morgan fingerprint density at radius 2 is 0.955 bits per heavy atom. The Bertz CT molecular complexity index is 984. The third kappa shape index (κ3) is 12.1. The molecule has 9 nitrogen and oxygen atoms in total. The van der Waals surface area contributed by atoms with Gasteiger partial charge in [-0.2, -0.15) is 13.2 Å². The molecule has 1 N–H and O–H groups in total. The highest BCUT2D eigenvalue weighted by Gasteiger charge is 2.53. The molecule has 0 radical (unpaired) electrons. The fourth-order valence-corrected chi connectivity index (χ4v) is 16.9. The van der Waals surface area contributed by atoms with Crippen molar-refractivity contribution in [1.82, 2.24) is 23.9 Å². The highest BCUT2D eigenvalue weighted by molar-refractivity contribution is 8.22. The van der Waals surface area contributed by atoms with Crippen molar-refractivity contribution in [2.24, 2.45) is 5.10 Å². The average molecular weight is 735 g/mol. The van der Waals surface area contributed by atoms with Crippen LogP contribution < -0.4 is 5.20 Å². The van der Waals surface area contributed by atoms with Crippen LogP contribution in [0.4, 0.5) is 13.2 Å². The van der Waals surface area contributed by atoms with Crippen LogP contribution in [0.25, 0.3) is 0 Å². The first-order valence-electron chi connectivity index (χ1n) is 15.1. The van der Waals surface area contributed by atoms with Gasteiger partial charge < -0.3 is 4.55 Å². The van der Waals surface area contributed by atoms with Crippen molar-refractivity contribution in [2.45, 2.75) is 165 Å². The van der Waals surface area contributed by atoms with Crippen LogP contribution in [0.5, 0.6) is 0 Å². The molecule has 0 fully saturated rings. The Balaban J connectivity index is 0. The van der Waals surface area contributed by atoms with E-state index in [1.807, 2.05) is 0 Å². The number of alkyl halides is 3. The second-order valence-corrected chi connectivity index (χ2v) is 22.0. The van der Waals surface area contributed by atoms with Gasteiger partial charge in [0, 0.05) is 48.3 Å². The first-order chi connectivity index (χ1) is 19.4. The van der Waals surface area contributed by atoms with E-state index in [9.17, 15) is 13.2 Å². The third-order valence-electron chi connectivity index (χ3n) is 6.61. The zero-order valence-electron chi connectivity index (χ0n) is 29.8. The van der Waals surface area contributed by atoms with E-state index >= 15 is 0 Å². The van der Waals surface area contributed by atoms with Crippen LogP contribution in [-0.4, -0.2) is 97.1 Å². The number of halogens is 4. The van der Waals surface area contributed by atoms with Gasteiger partial charge in [-0.1, -0.05) is 23.4 Å². The Labute approximate surface area is 278 Å². The van der Waals surface area contributed by atoms with E-state index in [-0.39, 0.29) is 24.2 Å². The third-order valence-corrected chi connectivity index (χ3v) is 17.7. The number of hydrogen-bond donors (Lipinski definition) is 1. The van der Waals surface area contributed by atoms with E-state index in [0.29, 0.717) is 29.1 Å². The second kappa shape index (κ2) is 18.2. The summed E-state index contributed by atoms with van der Waals surface area (Å²) in [6, 6.07) is 2.35. The molecule has 0 atom stereocenters. The summed E-state index contributed by atoms with van der Waals surface area (Å²) in [5, 5.41) is 8.79. The Morgan fingerprint density at radius 3 is 1.11 bits per heavy atom. The fourth-order valence-electron chi connectivity index (χ4n) is 6.17. The van der Waals surface area contributed by atoms with Crippen molar-refractivity contribution in [1.29, 1.82) is 0 Å². The smallest absolute Gasteiger partial charge is 0.485 e. The van der Waals surface area contributed by atoms with Gasteiger partial charge in [-0.25, -0.2) is 8.42 Å². The molecule has 0 heterocycles. The molecule has 0 unspecified atom stereocenters. The Kier molecular flexibility index (Phi) is 19.3. The van der Waals surface area contributed by atoms with Crippen LogP contribution in [0.15, 0.2) is 5.10 Å². The predicted molar refractivity (Wildman–Crippen MR) is 188 cm³/mol. The number of nitrogens with zero attached hydrogens (tertiary/aromatic N) is 5. The van der Waals surface area contributed by atoms with E-state index in [1.165, 1.54) is 0 Å². The van der Waals surface area contributed by atoms with Gasteiger partial charge in [-0.3, -0.25) is 9.34 Å². The minimum Gasteiger partial charge on any atom is -0.741 e. The minimum absolute atomic E-state index is 0.242. The summed E-state index contributed by atoms with van der Waals surface area (Å²) in [7, 11) is -8.20. The van der Waals surface area contributed by atoms with Gasteiger partial charge in [0.05, 0.1) is 0 Å². The van der Waals surface area contributed by atoms with Crippen LogP contribution in [0.1, 0.15) is 111 Å². The van der Waals surface area contributed by atoms with Crippen molar-refractivity contribution in [2.75, 3.05) is 6.66 Å². The zero-order valence-corrected chi connectivity index (χ0v) is 34.0. The molecule has 0 aromatic heterocycles. The lowest BCUT2D eigenvalue weighted by Crippen LogP contribution is -2.51. The molecule has 0 aliphatic rings. The van der Waals surface area contributed by atoms with Crippen molar-refractivity contribution in [3.05, 3.63) is 0 Å². The van der Waals surface area contributed by atoms with Crippen LogP contribution in [0.3, 0.4) is 0 Å². The highest BCUT2D eigenvalue weighted by Crippen LogP contribution is 2.64. The molecular formula is C27H60ClF3N6O3P2S2.